The van der Waals surface area contributed by atoms with E-state index < -0.39 is 31.5 Å². The maximum absolute atomic E-state index is 13.8. The number of aliphatic hydroxyl groups excluding tert-OH is 1. The molecular weight excluding hydrogens is 818 g/mol. The maximum Gasteiger partial charge on any atom is 0.407 e. The van der Waals surface area contributed by atoms with Crippen molar-refractivity contribution in [3.8, 4) is 45.3 Å². The number of alkyl carbamates (subject to hydrolysis) is 1. The summed E-state index contributed by atoms with van der Waals surface area (Å²) in [5, 5.41) is 14.8. The summed E-state index contributed by atoms with van der Waals surface area (Å²) in [5.41, 5.74) is 13.4. The molecule has 6 heterocycles. The van der Waals surface area contributed by atoms with E-state index in [2.05, 4.69) is 50.2 Å². The Kier molecular flexibility index (Phi) is 11.9. The number of fused-ring (bicyclic) bond motifs is 5. The summed E-state index contributed by atoms with van der Waals surface area (Å²) in [5.74, 6) is 2.35. The van der Waals surface area contributed by atoms with E-state index in [0.29, 0.717) is 23.9 Å². The lowest BCUT2D eigenvalue weighted by Crippen LogP contribution is -2.51. The molecule has 336 valence electrons. The number of aromatic amines is 2. The van der Waals surface area contributed by atoms with Gasteiger partial charge in [0.25, 0.3) is 0 Å². The van der Waals surface area contributed by atoms with Crippen LogP contribution in [0.4, 0.5) is 9.18 Å². The third kappa shape index (κ3) is 7.98. The summed E-state index contributed by atoms with van der Waals surface area (Å²) in [6.45, 7) is 8.18. The van der Waals surface area contributed by atoms with Crippen molar-refractivity contribution in [2.75, 3.05) is 27.1 Å². The molecule has 2 amide bonds. The van der Waals surface area contributed by atoms with Gasteiger partial charge in [-0.3, -0.25) is 9.69 Å². The number of carbonyl (C=O) groups excluding carboxylic acids is 2. The number of amides is 2. The Labute approximate surface area is 371 Å². The Morgan fingerprint density at radius 3 is 2.34 bits per heavy atom. The first-order valence-electron chi connectivity index (χ1n) is 22.1. The first kappa shape index (κ1) is 43.0. The molecule has 2 fully saturated rings. The van der Waals surface area contributed by atoms with Crippen molar-refractivity contribution >= 4 is 22.9 Å². The topological polar surface area (TPSA) is 189 Å². The van der Waals surface area contributed by atoms with Gasteiger partial charge in [0.15, 0.2) is 0 Å². The standard InChI is InChI=1S/C48H56FN9O6/c1-26(2)41(50)45(59)56-17-7-11-37(56)43-52-24-35(54-43)29-13-15-33-39-21-31-19-28(14-16-36(31)58(39)47(64-40(33)22-29)30-9-6-10-32(20-30)63-25-49)34-23-51-44(53-34)38-12-8-18-57(38)46(60)42(27(3)4)55-48(61)62-5/h6,9-10,13-16,19-24,26-27,37-38,41-42,45,47,59H,7-8,11-12,17-18,25,50H2,1-5H3,(H,51,53)(H,52,54)(H,55,61)/t37-,38-,41-,42-,45?,47?/m0/s1. The van der Waals surface area contributed by atoms with E-state index in [9.17, 15) is 19.1 Å². The summed E-state index contributed by atoms with van der Waals surface area (Å²) in [6, 6.07) is 20.3. The molecule has 9 rings (SSSR count). The number of hydrogen-bond donors (Lipinski definition) is 5. The highest BCUT2D eigenvalue weighted by molar-refractivity contribution is 5.92. The molecule has 0 aliphatic carbocycles. The van der Waals surface area contributed by atoms with E-state index in [-0.39, 0.29) is 35.9 Å². The maximum atomic E-state index is 13.8. The van der Waals surface area contributed by atoms with Crippen molar-refractivity contribution < 1.29 is 33.3 Å². The van der Waals surface area contributed by atoms with Crippen molar-refractivity contribution in [3.63, 3.8) is 0 Å². The van der Waals surface area contributed by atoms with Gasteiger partial charge in [0.1, 0.15) is 35.4 Å². The summed E-state index contributed by atoms with van der Waals surface area (Å²) in [4.78, 5) is 46.3. The smallest absolute Gasteiger partial charge is 0.407 e. The van der Waals surface area contributed by atoms with E-state index >= 15 is 0 Å². The highest BCUT2D eigenvalue weighted by Crippen LogP contribution is 2.47. The van der Waals surface area contributed by atoms with E-state index in [0.717, 1.165) is 88.3 Å². The first-order chi connectivity index (χ1) is 30.9. The average molecular weight is 874 g/mol. The number of rotatable bonds is 13. The number of halogens is 1. The molecule has 15 nitrogen and oxygen atoms in total. The normalized spacial score (nSPS) is 20.0. The summed E-state index contributed by atoms with van der Waals surface area (Å²) >= 11 is 0. The Morgan fingerprint density at radius 2 is 1.62 bits per heavy atom. The number of imidazole rings is 2. The molecule has 3 aliphatic heterocycles. The number of aliphatic hydroxyl groups is 1. The van der Waals surface area contributed by atoms with Crippen LogP contribution in [0.2, 0.25) is 0 Å². The molecule has 3 aromatic heterocycles. The van der Waals surface area contributed by atoms with Gasteiger partial charge in [0, 0.05) is 46.8 Å². The second-order valence-electron chi connectivity index (χ2n) is 17.7. The molecule has 6 aromatic rings. The van der Waals surface area contributed by atoms with Gasteiger partial charge in [-0.25, -0.2) is 19.2 Å². The molecule has 0 spiro atoms. The zero-order chi connectivity index (χ0) is 44.8. The first-order valence-corrected chi connectivity index (χ1v) is 22.1. The van der Waals surface area contributed by atoms with Crippen molar-refractivity contribution in [2.24, 2.45) is 17.6 Å². The molecule has 2 saturated heterocycles. The van der Waals surface area contributed by atoms with Gasteiger partial charge in [-0.15, -0.1) is 0 Å². The number of nitrogens with one attached hydrogen (secondary N) is 3. The predicted octanol–water partition coefficient (Wildman–Crippen LogP) is 7.82. The highest BCUT2D eigenvalue weighted by atomic mass is 19.1. The average Bonchev–Trinajstić information content (AvgIpc) is 4.16. The van der Waals surface area contributed by atoms with Crippen LogP contribution in [0.5, 0.6) is 11.5 Å². The van der Waals surface area contributed by atoms with Gasteiger partial charge >= 0.3 is 6.09 Å². The van der Waals surface area contributed by atoms with Crippen LogP contribution in [0, 0.1) is 11.8 Å². The Bertz CT molecular complexity index is 2660. The molecule has 3 aromatic carbocycles. The van der Waals surface area contributed by atoms with E-state index in [1.54, 1.807) is 23.2 Å². The SMILES string of the molecule is COC(=O)N[C@H](C(=O)N1CCC[C@H]1c1ncc(-c2ccc3c(c2)cc2n3C(c3cccc(OCF)c3)Oc3cc(-c4cnc([C@@H]5CCCN5C(O)[C@@H](N)C(C)C)[nH]4)ccc3-2)[nH]1)C(C)C. The third-order valence-corrected chi connectivity index (χ3v) is 13.1. The van der Waals surface area contributed by atoms with Crippen LogP contribution in [0.15, 0.2) is 79.1 Å². The number of alkyl halides is 1. The molecule has 2 unspecified atom stereocenters. The highest BCUT2D eigenvalue weighted by Gasteiger charge is 2.39. The van der Waals surface area contributed by atoms with Gasteiger partial charge in [0.05, 0.1) is 54.2 Å². The van der Waals surface area contributed by atoms with Crippen molar-refractivity contribution in [1.29, 1.82) is 0 Å². The number of nitrogens with two attached hydrogens (primary N) is 1. The second-order valence-corrected chi connectivity index (χ2v) is 17.7. The van der Waals surface area contributed by atoms with Crippen LogP contribution < -0.4 is 20.5 Å². The lowest BCUT2D eigenvalue weighted by Gasteiger charge is -2.33. The molecule has 0 radical (unpaired) electrons. The Balaban J connectivity index is 1.04. The minimum Gasteiger partial charge on any atom is -0.465 e. The van der Waals surface area contributed by atoms with E-state index in [4.69, 9.17) is 29.9 Å². The van der Waals surface area contributed by atoms with Crippen LogP contribution in [0.1, 0.15) is 88.9 Å². The van der Waals surface area contributed by atoms with Gasteiger partial charge < -0.3 is 49.8 Å². The van der Waals surface area contributed by atoms with Gasteiger partial charge in [-0.2, -0.15) is 0 Å². The van der Waals surface area contributed by atoms with Crippen molar-refractivity contribution in [1.82, 2.24) is 39.6 Å². The molecule has 64 heavy (non-hydrogen) atoms. The molecule has 16 heteroatoms. The fourth-order valence-electron chi connectivity index (χ4n) is 9.54. The fourth-order valence-corrected chi connectivity index (χ4v) is 9.54. The predicted molar refractivity (Wildman–Crippen MR) is 240 cm³/mol. The number of ether oxygens (including phenoxy) is 3. The van der Waals surface area contributed by atoms with Crippen LogP contribution >= 0.6 is 0 Å². The second kappa shape index (κ2) is 17.7. The van der Waals surface area contributed by atoms with E-state index in [1.807, 2.05) is 63.1 Å². The fraction of sp³-hybridized carbons (Fsp3) is 0.417. The Hall–Kier alpha value is -6.23. The van der Waals surface area contributed by atoms with Gasteiger partial charge in [-0.05, 0) is 80.0 Å². The number of likely N-dealkylation sites (tertiary alicyclic amines) is 2. The number of aromatic nitrogens is 5. The number of H-pyrrole nitrogens is 2. The molecule has 3 aliphatic rings. The van der Waals surface area contributed by atoms with Crippen LogP contribution in [-0.2, 0) is 9.53 Å². The summed E-state index contributed by atoms with van der Waals surface area (Å²) in [7, 11) is 1.29. The van der Waals surface area contributed by atoms with Gasteiger partial charge in [-0.1, -0.05) is 52.0 Å². The number of nitrogens with zero attached hydrogens (tertiary/aromatic N) is 5. The molecule has 6 N–H and O–H groups in total. The Morgan fingerprint density at radius 1 is 0.922 bits per heavy atom. The zero-order valence-corrected chi connectivity index (χ0v) is 36.8. The minimum absolute atomic E-state index is 0.0829. The number of carbonyl (C=O) groups is 2. The molecule has 0 bridgehead atoms. The van der Waals surface area contributed by atoms with Gasteiger partial charge in [0.2, 0.25) is 19.0 Å². The monoisotopic (exact) mass is 873 g/mol. The van der Waals surface area contributed by atoms with E-state index in [1.165, 1.54) is 7.11 Å². The zero-order valence-electron chi connectivity index (χ0n) is 36.8. The van der Waals surface area contributed by atoms with Crippen molar-refractivity contribution in [3.05, 3.63) is 96.3 Å². The minimum atomic E-state index is -0.953. The third-order valence-electron chi connectivity index (χ3n) is 13.1. The lowest BCUT2D eigenvalue weighted by molar-refractivity contribution is -0.135. The summed E-state index contributed by atoms with van der Waals surface area (Å²) in [6.07, 6.45) is 4.95. The number of hydrogen-bond acceptors (Lipinski definition) is 10. The summed E-state index contributed by atoms with van der Waals surface area (Å²) < 4.78 is 32.5. The van der Waals surface area contributed by atoms with Crippen LogP contribution in [-0.4, -0.2) is 96.8 Å². The van der Waals surface area contributed by atoms with Crippen LogP contribution in [0.25, 0.3) is 44.7 Å². The lowest BCUT2D eigenvalue weighted by atomic mass is 10.0. The largest absolute Gasteiger partial charge is 0.465 e. The molecular formula is C48H56FN9O6. The van der Waals surface area contributed by atoms with Crippen LogP contribution in [0.3, 0.4) is 0 Å². The quantitative estimate of drug-likeness (QED) is 0.0766. The molecule has 6 atom stereocenters. The number of methoxy groups -OCH3 is 1. The number of benzene rings is 3. The van der Waals surface area contributed by atoms with Crippen molar-refractivity contribution in [2.45, 2.75) is 90.0 Å². The molecule has 0 saturated carbocycles.